The SMILES string of the molecule is Cc1cc(C(=O)N2CCN(C(=O)NCC3CC4c5ccccc5C3c3ccccc34)CC2)c(C)o1. The number of fused-ring (bicyclic) bond motifs is 1. The van der Waals surface area contributed by atoms with E-state index in [0.717, 1.165) is 12.2 Å². The largest absolute Gasteiger partial charge is 0.466 e. The second-order valence-electron chi connectivity index (χ2n) is 10.1. The molecule has 1 N–H and O–H groups in total. The van der Waals surface area contributed by atoms with E-state index in [1.54, 1.807) is 6.07 Å². The van der Waals surface area contributed by atoms with E-state index in [1.165, 1.54) is 22.3 Å². The minimum atomic E-state index is -0.0320. The van der Waals surface area contributed by atoms with Crippen molar-refractivity contribution in [1.82, 2.24) is 15.1 Å². The normalized spacial score (nSPS) is 22.5. The Hall–Kier alpha value is -3.54. The molecule has 35 heavy (non-hydrogen) atoms. The van der Waals surface area contributed by atoms with Gasteiger partial charge in [0.15, 0.2) is 0 Å². The van der Waals surface area contributed by atoms with Crippen molar-refractivity contribution in [2.75, 3.05) is 32.7 Å². The van der Waals surface area contributed by atoms with Gasteiger partial charge >= 0.3 is 6.03 Å². The van der Waals surface area contributed by atoms with Crippen LogP contribution in [0.4, 0.5) is 4.79 Å². The summed E-state index contributed by atoms with van der Waals surface area (Å²) >= 11 is 0. The van der Waals surface area contributed by atoms with Crippen LogP contribution in [0, 0.1) is 19.8 Å². The van der Waals surface area contributed by atoms with Gasteiger partial charge in [-0.05, 0) is 54.5 Å². The summed E-state index contributed by atoms with van der Waals surface area (Å²) in [6.45, 7) is 6.47. The molecule has 3 aliphatic carbocycles. The molecule has 0 radical (unpaired) electrons. The molecular formula is C29H31N3O3. The fourth-order valence-electron chi connectivity index (χ4n) is 6.42. The summed E-state index contributed by atoms with van der Waals surface area (Å²) in [6, 6.07) is 19.4. The molecule has 0 saturated carbocycles. The molecule has 2 aromatic carbocycles. The van der Waals surface area contributed by atoms with E-state index in [1.807, 2.05) is 23.6 Å². The van der Waals surface area contributed by atoms with Crippen molar-refractivity contribution in [1.29, 1.82) is 0 Å². The number of hydrogen-bond donors (Lipinski definition) is 1. The smallest absolute Gasteiger partial charge is 0.317 e. The highest BCUT2D eigenvalue weighted by Gasteiger charge is 2.43. The average Bonchev–Trinajstić information content (AvgIpc) is 3.24. The van der Waals surface area contributed by atoms with E-state index in [0.29, 0.717) is 61.8 Å². The zero-order valence-electron chi connectivity index (χ0n) is 20.3. The zero-order valence-corrected chi connectivity index (χ0v) is 20.3. The van der Waals surface area contributed by atoms with E-state index < -0.39 is 0 Å². The van der Waals surface area contributed by atoms with E-state index >= 15 is 0 Å². The van der Waals surface area contributed by atoms with Gasteiger partial charge in [-0.1, -0.05) is 48.5 Å². The lowest BCUT2D eigenvalue weighted by atomic mass is 9.59. The van der Waals surface area contributed by atoms with Crippen molar-refractivity contribution >= 4 is 11.9 Å². The molecule has 2 bridgehead atoms. The molecule has 1 saturated heterocycles. The number of amides is 3. The van der Waals surface area contributed by atoms with Crippen molar-refractivity contribution in [2.45, 2.75) is 32.1 Å². The highest BCUT2D eigenvalue weighted by molar-refractivity contribution is 5.95. The van der Waals surface area contributed by atoms with Gasteiger partial charge in [-0.25, -0.2) is 4.79 Å². The van der Waals surface area contributed by atoms with Crippen molar-refractivity contribution in [3.63, 3.8) is 0 Å². The molecule has 4 aliphatic rings. The van der Waals surface area contributed by atoms with Crippen LogP contribution in [0.3, 0.4) is 0 Å². The maximum atomic E-state index is 13.0. The van der Waals surface area contributed by atoms with Gasteiger partial charge in [0.05, 0.1) is 5.56 Å². The summed E-state index contributed by atoms with van der Waals surface area (Å²) in [5.74, 6) is 2.48. The number of furan rings is 1. The molecule has 1 fully saturated rings. The van der Waals surface area contributed by atoms with Crippen molar-refractivity contribution < 1.29 is 14.0 Å². The molecule has 7 rings (SSSR count). The first-order valence-corrected chi connectivity index (χ1v) is 12.6. The minimum Gasteiger partial charge on any atom is -0.466 e. The molecule has 0 spiro atoms. The Labute approximate surface area is 205 Å². The Morgan fingerprint density at radius 3 is 2.03 bits per heavy atom. The second-order valence-corrected chi connectivity index (χ2v) is 10.1. The van der Waals surface area contributed by atoms with E-state index in [9.17, 15) is 9.59 Å². The van der Waals surface area contributed by atoms with Gasteiger partial charge < -0.3 is 19.5 Å². The molecule has 1 atom stereocenters. The Balaban J connectivity index is 1.09. The van der Waals surface area contributed by atoms with Gasteiger partial charge in [0.25, 0.3) is 5.91 Å². The Bertz CT molecular complexity index is 1240. The lowest BCUT2D eigenvalue weighted by molar-refractivity contribution is 0.0662. The van der Waals surface area contributed by atoms with Crippen LogP contribution in [0.1, 0.15) is 62.4 Å². The quantitative estimate of drug-likeness (QED) is 0.607. The third-order valence-electron chi connectivity index (χ3n) is 8.06. The van der Waals surface area contributed by atoms with Crippen LogP contribution < -0.4 is 5.32 Å². The van der Waals surface area contributed by atoms with Crippen LogP contribution in [0.15, 0.2) is 59.0 Å². The van der Waals surface area contributed by atoms with Crippen LogP contribution >= 0.6 is 0 Å². The van der Waals surface area contributed by atoms with Crippen LogP contribution in [0.2, 0.25) is 0 Å². The zero-order chi connectivity index (χ0) is 24.1. The van der Waals surface area contributed by atoms with Crippen molar-refractivity contribution in [2.24, 2.45) is 5.92 Å². The maximum Gasteiger partial charge on any atom is 0.317 e. The minimum absolute atomic E-state index is 0.0185. The molecule has 1 aliphatic heterocycles. The van der Waals surface area contributed by atoms with Crippen molar-refractivity contribution in [3.05, 3.63) is 93.9 Å². The first kappa shape index (κ1) is 22.0. The predicted molar refractivity (Wildman–Crippen MR) is 134 cm³/mol. The highest BCUT2D eigenvalue weighted by Crippen LogP contribution is 2.55. The summed E-state index contributed by atoms with van der Waals surface area (Å²) < 4.78 is 5.52. The Morgan fingerprint density at radius 2 is 1.46 bits per heavy atom. The standard InChI is InChI=1S/C29H31N3O3/c1-18-15-25(19(2)35-18)28(33)31-11-13-32(14-12-31)29(34)30-17-20-16-26-21-7-3-5-9-23(21)27(20)24-10-6-4-8-22(24)26/h3-10,15,20,26-27H,11-14,16-17H2,1-2H3,(H,30,34). The second kappa shape index (κ2) is 8.59. The lowest BCUT2D eigenvalue weighted by Crippen LogP contribution is -2.54. The third-order valence-corrected chi connectivity index (χ3v) is 8.06. The van der Waals surface area contributed by atoms with Gasteiger partial charge in [0.1, 0.15) is 11.5 Å². The molecule has 6 heteroatoms. The number of hydrogen-bond acceptors (Lipinski definition) is 3. The first-order valence-electron chi connectivity index (χ1n) is 12.6. The van der Waals surface area contributed by atoms with Gasteiger partial charge in [-0.2, -0.15) is 0 Å². The number of carbonyl (C=O) groups excluding carboxylic acids is 2. The van der Waals surface area contributed by atoms with Crippen LogP contribution in [-0.2, 0) is 0 Å². The number of benzene rings is 2. The molecular weight excluding hydrogens is 438 g/mol. The summed E-state index contributed by atoms with van der Waals surface area (Å²) in [6.07, 6.45) is 1.06. The lowest BCUT2D eigenvalue weighted by Gasteiger charge is -2.45. The topological polar surface area (TPSA) is 65.8 Å². The van der Waals surface area contributed by atoms with Crippen LogP contribution in [0.5, 0.6) is 0 Å². The fourth-order valence-corrected chi connectivity index (χ4v) is 6.42. The third kappa shape index (κ3) is 3.72. The van der Waals surface area contributed by atoms with Crippen molar-refractivity contribution in [3.8, 4) is 0 Å². The van der Waals surface area contributed by atoms with Crippen LogP contribution in [-0.4, -0.2) is 54.5 Å². The monoisotopic (exact) mass is 469 g/mol. The maximum absolute atomic E-state index is 13.0. The predicted octanol–water partition coefficient (Wildman–Crippen LogP) is 4.66. The molecule has 3 aromatic rings. The Morgan fingerprint density at radius 1 is 0.886 bits per heavy atom. The van der Waals surface area contributed by atoms with Gasteiger partial charge in [-0.3, -0.25) is 4.79 Å². The number of nitrogens with zero attached hydrogens (tertiary/aromatic N) is 2. The molecule has 3 amide bonds. The molecule has 6 nitrogen and oxygen atoms in total. The molecule has 1 unspecified atom stereocenters. The number of carbonyl (C=O) groups is 2. The molecule has 1 aromatic heterocycles. The summed E-state index contributed by atoms with van der Waals surface area (Å²) in [5.41, 5.74) is 6.34. The number of urea groups is 1. The van der Waals surface area contributed by atoms with E-state index in [4.69, 9.17) is 4.42 Å². The van der Waals surface area contributed by atoms with E-state index in [-0.39, 0.29) is 11.9 Å². The number of nitrogens with one attached hydrogen (secondary N) is 1. The van der Waals surface area contributed by atoms with Gasteiger partial charge in [0, 0.05) is 44.6 Å². The van der Waals surface area contributed by atoms with Gasteiger partial charge in [0.2, 0.25) is 0 Å². The first-order chi connectivity index (χ1) is 17.0. The van der Waals surface area contributed by atoms with Gasteiger partial charge in [-0.15, -0.1) is 0 Å². The summed E-state index contributed by atoms with van der Waals surface area (Å²) in [5, 5.41) is 3.23. The number of piperazine rings is 1. The molecule has 2 heterocycles. The highest BCUT2D eigenvalue weighted by atomic mass is 16.3. The van der Waals surface area contributed by atoms with Crippen LogP contribution in [0.25, 0.3) is 0 Å². The molecule has 180 valence electrons. The number of aryl methyl sites for hydroxylation is 2. The fraction of sp³-hybridized carbons (Fsp3) is 0.379. The Kier molecular flexibility index (Phi) is 5.39. The summed E-state index contributed by atoms with van der Waals surface area (Å²) in [4.78, 5) is 29.6. The number of rotatable bonds is 3. The van der Waals surface area contributed by atoms with E-state index in [2.05, 4.69) is 53.8 Å². The summed E-state index contributed by atoms with van der Waals surface area (Å²) in [7, 11) is 0. The average molecular weight is 470 g/mol.